The molecule has 1 fully saturated rings. The topological polar surface area (TPSA) is 41.9 Å². The van der Waals surface area contributed by atoms with Gasteiger partial charge in [0.25, 0.3) is 0 Å². The Bertz CT molecular complexity index is 618. The van der Waals surface area contributed by atoms with E-state index in [4.69, 9.17) is 4.74 Å². The molecule has 25 heavy (non-hydrogen) atoms. The van der Waals surface area contributed by atoms with Gasteiger partial charge in [-0.1, -0.05) is 31.2 Å². The fourth-order valence-electron chi connectivity index (χ4n) is 3.22. The lowest BCUT2D eigenvalue weighted by molar-refractivity contribution is -0.0932. The maximum Gasteiger partial charge on any atom is 0.168 e. The maximum atomic E-state index is 12.7. The highest BCUT2D eigenvalue weighted by Crippen LogP contribution is 2.20. The Hall–Kier alpha value is -1.94. The highest BCUT2D eigenvalue weighted by atomic mass is 16.5. The summed E-state index contributed by atoms with van der Waals surface area (Å²) in [5.41, 5.74) is 2.98. The number of hydrogen-bond acceptors (Lipinski definition) is 4. The molecule has 136 valence electrons. The fraction of sp³-hybridized carbons (Fsp3) is 0.524. The molecular formula is C21H30N2O2. The fourth-order valence-corrected chi connectivity index (χ4v) is 3.22. The van der Waals surface area contributed by atoms with Crippen LogP contribution < -0.4 is 0 Å². The first kappa shape index (κ1) is 19.4. The summed E-state index contributed by atoms with van der Waals surface area (Å²) in [5.74, 6) is 0.120. The standard InChI is InChI=1S/C21H30N2O2/c1-5-17(4)23(20-12-7-8-15-25-20)22-14-13-19(24)21-16(3)10-9-11-18(21)6-2/h5,9-11,14,17,20H,1,6-8,12-13,15H2,2-4H3/b22-14-. The lowest BCUT2D eigenvalue weighted by atomic mass is 9.95. The van der Waals surface area contributed by atoms with E-state index in [-0.39, 0.29) is 18.1 Å². The van der Waals surface area contributed by atoms with Gasteiger partial charge in [0.1, 0.15) is 6.23 Å². The molecule has 0 aromatic heterocycles. The van der Waals surface area contributed by atoms with E-state index in [1.54, 1.807) is 6.21 Å². The Labute approximate surface area is 151 Å². The van der Waals surface area contributed by atoms with Crippen LogP contribution in [0.5, 0.6) is 0 Å². The molecular weight excluding hydrogens is 312 g/mol. The molecule has 4 heteroatoms. The Kier molecular flexibility index (Phi) is 7.38. The van der Waals surface area contributed by atoms with E-state index in [1.807, 2.05) is 43.1 Å². The van der Waals surface area contributed by atoms with E-state index >= 15 is 0 Å². The van der Waals surface area contributed by atoms with Crippen molar-refractivity contribution in [3.05, 3.63) is 47.5 Å². The van der Waals surface area contributed by atoms with Crippen molar-refractivity contribution < 1.29 is 9.53 Å². The molecule has 0 radical (unpaired) electrons. The van der Waals surface area contributed by atoms with Crippen LogP contribution in [0.15, 0.2) is 36.0 Å². The highest BCUT2D eigenvalue weighted by Gasteiger charge is 2.23. The molecule has 0 aliphatic carbocycles. The maximum absolute atomic E-state index is 12.7. The van der Waals surface area contributed by atoms with Crippen molar-refractivity contribution >= 4 is 12.0 Å². The van der Waals surface area contributed by atoms with Crippen LogP contribution in [-0.4, -0.2) is 35.9 Å². The number of benzene rings is 1. The van der Waals surface area contributed by atoms with Gasteiger partial charge < -0.3 is 4.74 Å². The number of nitrogens with zero attached hydrogens (tertiary/aromatic N) is 2. The zero-order valence-electron chi connectivity index (χ0n) is 15.7. The molecule has 1 aliphatic rings. The third-order valence-electron chi connectivity index (χ3n) is 4.72. The molecule has 0 spiro atoms. The molecule has 2 unspecified atom stereocenters. The minimum Gasteiger partial charge on any atom is -0.357 e. The Morgan fingerprint density at radius 1 is 1.48 bits per heavy atom. The van der Waals surface area contributed by atoms with Crippen molar-refractivity contribution in [2.45, 2.75) is 65.1 Å². The normalized spacial score (nSPS) is 18.9. The number of ether oxygens (including phenoxy) is 1. The lowest BCUT2D eigenvalue weighted by Crippen LogP contribution is -2.40. The second-order valence-corrected chi connectivity index (χ2v) is 6.57. The van der Waals surface area contributed by atoms with E-state index < -0.39 is 0 Å². The number of hydrogen-bond donors (Lipinski definition) is 0. The lowest BCUT2D eigenvalue weighted by Gasteiger charge is -2.34. The second-order valence-electron chi connectivity index (χ2n) is 6.57. The van der Waals surface area contributed by atoms with Gasteiger partial charge in [0.15, 0.2) is 5.78 Å². The Morgan fingerprint density at radius 3 is 2.92 bits per heavy atom. The smallest absolute Gasteiger partial charge is 0.168 e. The van der Waals surface area contributed by atoms with Gasteiger partial charge in [-0.15, -0.1) is 6.58 Å². The molecule has 0 N–H and O–H groups in total. The predicted octanol–water partition coefficient (Wildman–Crippen LogP) is 4.52. The van der Waals surface area contributed by atoms with Crippen molar-refractivity contribution in [1.29, 1.82) is 0 Å². The van der Waals surface area contributed by atoms with Gasteiger partial charge >= 0.3 is 0 Å². The molecule has 2 rings (SSSR count). The van der Waals surface area contributed by atoms with Crippen LogP contribution in [0.1, 0.15) is 61.0 Å². The van der Waals surface area contributed by atoms with Gasteiger partial charge in [-0.05, 0) is 50.7 Å². The number of hydrazone groups is 1. The molecule has 0 bridgehead atoms. The average molecular weight is 342 g/mol. The van der Waals surface area contributed by atoms with E-state index in [9.17, 15) is 4.79 Å². The van der Waals surface area contributed by atoms with Crippen molar-refractivity contribution in [2.75, 3.05) is 6.61 Å². The highest BCUT2D eigenvalue weighted by molar-refractivity contribution is 6.05. The quantitative estimate of drug-likeness (QED) is 0.302. The minimum absolute atomic E-state index is 0.0298. The average Bonchev–Trinajstić information content (AvgIpc) is 2.64. The monoisotopic (exact) mass is 342 g/mol. The molecule has 1 aromatic carbocycles. The van der Waals surface area contributed by atoms with Gasteiger partial charge in [0.2, 0.25) is 0 Å². The molecule has 1 aliphatic heterocycles. The summed E-state index contributed by atoms with van der Waals surface area (Å²) >= 11 is 0. The van der Waals surface area contributed by atoms with Gasteiger partial charge in [-0.2, -0.15) is 5.10 Å². The van der Waals surface area contributed by atoms with Crippen LogP contribution in [0.3, 0.4) is 0 Å². The van der Waals surface area contributed by atoms with E-state index in [2.05, 4.69) is 18.6 Å². The van der Waals surface area contributed by atoms with Crippen molar-refractivity contribution in [1.82, 2.24) is 5.01 Å². The summed E-state index contributed by atoms with van der Waals surface area (Å²) in [4.78, 5) is 12.7. The number of ketones is 1. The molecule has 1 aromatic rings. The van der Waals surface area contributed by atoms with Gasteiger partial charge in [-0.25, -0.2) is 0 Å². The van der Waals surface area contributed by atoms with Crippen LogP contribution in [0.2, 0.25) is 0 Å². The first-order chi connectivity index (χ1) is 12.1. The predicted molar refractivity (Wildman–Crippen MR) is 103 cm³/mol. The molecule has 0 amide bonds. The summed E-state index contributed by atoms with van der Waals surface area (Å²) < 4.78 is 5.84. The Balaban J connectivity index is 2.08. The van der Waals surface area contributed by atoms with E-state index in [0.29, 0.717) is 6.42 Å². The summed E-state index contributed by atoms with van der Waals surface area (Å²) in [5, 5.41) is 6.49. The first-order valence-corrected chi connectivity index (χ1v) is 9.25. The molecule has 2 atom stereocenters. The number of Topliss-reactive ketones (excluding diaryl/α,β-unsaturated/α-hetero) is 1. The first-order valence-electron chi connectivity index (χ1n) is 9.25. The van der Waals surface area contributed by atoms with Crippen molar-refractivity contribution in [2.24, 2.45) is 5.10 Å². The molecule has 1 saturated heterocycles. The van der Waals surface area contributed by atoms with Crippen molar-refractivity contribution in [3.8, 4) is 0 Å². The van der Waals surface area contributed by atoms with Crippen LogP contribution in [0.4, 0.5) is 0 Å². The number of carbonyl (C=O) groups is 1. The molecule has 4 nitrogen and oxygen atoms in total. The summed E-state index contributed by atoms with van der Waals surface area (Å²) in [6.07, 6.45) is 7.89. The largest absolute Gasteiger partial charge is 0.357 e. The van der Waals surface area contributed by atoms with Crippen LogP contribution >= 0.6 is 0 Å². The van der Waals surface area contributed by atoms with Gasteiger partial charge in [0.05, 0.1) is 6.04 Å². The third-order valence-corrected chi connectivity index (χ3v) is 4.72. The van der Waals surface area contributed by atoms with Gasteiger partial charge in [0, 0.05) is 24.8 Å². The molecule has 1 heterocycles. The number of rotatable bonds is 8. The second kappa shape index (κ2) is 9.52. The van der Waals surface area contributed by atoms with E-state index in [1.165, 1.54) is 0 Å². The summed E-state index contributed by atoms with van der Waals surface area (Å²) in [6, 6.07) is 6.09. The number of carbonyl (C=O) groups excluding carboxylic acids is 1. The summed E-state index contributed by atoms with van der Waals surface area (Å²) in [6.45, 7) is 10.7. The molecule has 0 saturated carbocycles. The van der Waals surface area contributed by atoms with E-state index in [0.717, 1.165) is 49.0 Å². The minimum atomic E-state index is -0.0298. The van der Waals surface area contributed by atoms with Crippen LogP contribution in [-0.2, 0) is 11.2 Å². The van der Waals surface area contributed by atoms with Crippen LogP contribution in [0, 0.1) is 6.92 Å². The van der Waals surface area contributed by atoms with Crippen molar-refractivity contribution in [3.63, 3.8) is 0 Å². The SMILES string of the molecule is C=CC(C)N(/N=C\CC(=O)c1c(C)cccc1CC)C1CCCCO1. The number of aryl methyl sites for hydroxylation is 2. The zero-order valence-corrected chi connectivity index (χ0v) is 15.7. The summed E-state index contributed by atoms with van der Waals surface area (Å²) in [7, 11) is 0. The Morgan fingerprint density at radius 2 is 2.28 bits per heavy atom. The zero-order chi connectivity index (χ0) is 18.2. The van der Waals surface area contributed by atoms with Gasteiger partial charge in [-0.3, -0.25) is 9.80 Å². The van der Waals surface area contributed by atoms with Crippen LogP contribution in [0.25, 0.3) is 0 Å². The third kappa shape index (κ3) is 5.02.